The van der Waals surface area contributed by atoms with Gasteiger partial charge in [0, 0.05) is 0 Å². The van der Waals surface area contributed by atoms with Crippen molar-refractivity contribution in [3.05, 3.63) is 30.3 Å². The maximum Gasteiger partial charge on any atom is 0.285 e. The van der Waals surface area contributed by atoms with E-state index in [1.165, 1.54) is 5.01 Å². The molecule has 4 nitrogen and oxygen atoms in total. The summed E-state index contributed by atoms with van der Waals surface area (Å²) in [5, 5.41) is 15.5. The smallest absolute Gasteiger partial charge is 0.285 e. The van der Waals surface area contributed by atoms with E-state index in [9.17, 15) is 9.90 Å². The number of nitrogens with zero attached hydrogens (tertiary/aromatic N) is 2. The van der Waals surface area contributed by atoms with Gasteiger partial charge in [-0.15, -0.1) is 0 Å². The lowest BCUT2D eigenvalue weighted by molar-refractivity contribution is -0.129. The summed E-state index contributed by atoms with van der Waals surface area (Å²) in [4.78, 5) is 12.0. The number of anilines is 1. The predicted octanol–water partition coefficient (Wildman–Crippen LogP) is 1.55. The third-order valence-electron chi connectivity index (χ3n) is 2.91. The molecule has 0 saturated heterocycles. The van der Waals surface area contributed by atoms with Crippen molar-refractivity contribution in [2.45, 2.75) is 25.9 Å². The van der Waals surface area contributed by atoms with Gasteiger partial charge in [0.2, 0.25) is 0 Å². The lowest BCUT2D eigenvalue weighted by Crippen LogP contribution is -2.45. The SMILES string of the molecule is CCC1(O)C(=O)N(c2ccccc2)N=C1C. The van der Waals surface area contributed by atoms with Crippen molar-refractivity contribution in [2.75, 3.05) is 5.01 Å². The van der Waals surface area contributed by atoms with Crippen molar-refractivity contribution in [3.8, 4) is 0 Å². The van der Waals surface area contributed by atoms with Crippen molar-refractivity contribution in [1.29, 1.82) is 0 Å². The predicted molar refractivity (Wildman–Crippen MR) is 62.3 cm³/mol. The minimum absolute atomic E-state index is 0.338. The van der Waals surface area contributed by atoms with E-state index in [0.29, 0.717) is 17.8 Å². The highest BCUT2D eigenvalue weighted by molar-refractivity contribution is 6.21. The molecule has 0 bridgehead atoms. The van der Waals surface area contributed by atoms with E-state index >= 15 is 0 Å². The normalized spacial score (nSPS) is 24.8. The van der Waals surface area contributed by atoms with Crippen molar-refractivity contribution in [2.24, 2.45) is 5.10 Å². The highest BCUT2D eigenvalue weighted by atomic mass is 16.3. The number of hydrazone groups is 1. The van der Waals surface area contributed by atoms with Crippen molar-refractivity contribution in [3.63, 3.8) is 0 Å². The van der Waals surface area contributed by atoms with Gasteiger partial charge in [0.15, 0.2) is 5.60 Å². The van der Waals surface area contributed by atoms with Gasteiger partial charge in [0.25, 0.3) is 5.91 Å². The van der Waals surface area contributed by atoms with Gasteiger partial charge in [0.05, 0.1) is 11.4 Å². The maximum atomic E-state index is 12.0. The second kappa shape index (κ2) is 3.72. The zero-order valence-corrected chi connectivity index (χ0v) is 9.34. The van der Waals surface area contributed by atoms with E-state index in [2.05, 4.69) is 5.10 Å². The molecule has 1 atom stereocenters. The Morgan fingerprint density at radius 3 is 2.50 bits per heavy atom. The number of hydrogen-bond acceptors (Lipinski definition) is 3. The minimum Gasteiger partial charge on any atom is -0.374 e. The number of hydrogen-bond donors (Lipinski definition) is 1. The third-order valence-corrected chi connectivity index (χ3v) is 2.91. The van der Waals surface area contributed by atoms with Crippen LogP contribution >= 0.6 is 0 Å². The van der Waals surface area contributed by atoms with Crippen LogP contribution in [0.25, 0.3) is 0 Å². The van der Waals surface area contributed by atoms with E-state index in [4.69, 9.17) is 0 Å². The molecule has 1 aromatic rings. The number of amides is 1. The van der Waals surface area contributed by atoms with Crippen LogP contribution in [0.2, 0.25) is 0 Å². The first-order valence-electron chi connectivity index (χ1n) is 5.27. The molecule has 16 heavy (non-hydrogen) atoms. The van der Waals surface area contributed by atoms with Crippen molar-refractivity contribution >= 4 is 17.3 Å². The molecule has 0 radical (unpaired) electrons. The number of benzene rings is 1. The fourth-order valence-corrected chi connectivity index (χ4v) is 1.76. The summed E-state index contributed by atoms with van der Waals surface area (Å²) in [6.45, 7) is 3.44. The highest BCUT2D eigenvalue weighted by Crippen LogP contribution is 2.28. The molecular weight excluding hydrogens is 204 g/mol. The van der Waals surface area contributed by atoms with E-state index in [1.54, 1.807) is 26.0 Å². The fourth-order valence-electron chi connectivity index (χ4n) is 1.76. The molecular formula is C12H14N2O2. The Bertz CT molecular complexity index is 442. The van der Waals surface area contributed by atoms with Crippen LogP contribution in [0.15, 0.2) is 35.4 Å². The van der Waals surface area contributed by atoms with Crippen LogP contribution in [0.3, 0.4) is 0 Å². The second-order valence-electron chi connectivity index (χ2n) is 3.85. The van der Waals surface area contributed by atoms with Gasteiger partial charge in [-0.25, -0.2) is 0 Å². The van der Waals surface area contributed by atoms with Crippen LogP contribution in [0.5, 0.6) is 0 Å². The number of aliphatic hydroxyl groups is 1. The van der Waals surface area contributed by atoms with Gasteiger partial charge in [-0.05, 0) is 25.5 Å². The number of carbonyl (C=O) groups excluding carboxylic acids is 1. The molecule has 84 valence electrons. The first-order valence-corrected chi connectivity index (χ1v) is 5.27. The molecule has 0 fully saturated rings. The Balaban J connectivity index is 2.39. The van der Waals surface area contributed by atoms with Crippen molar-refractivity contribution in [1.82, 2.24) is 0 Å². The molecule has 0 spiro atoms. The lowest BCUT2D eigenvalue weighted by Gasteiger charge is -2.20. The van der Waals surface area contributed by atoms with Gasteiger partial charge in [0.1, 0.15) is 0 Å². The van der Waals surface area contributed by atoms with Crippen LogP contribution in [-0.2, 0) is 4.79 Å². The van der Waals surface area contributed by atoms with Gasteiger partial charge < -0.3 is 5.11 Å². The Labute approximate surface area is 94.2 Å². The van der Waals surface area contributed by atoms with Crippen LogP contribution < -0.4 is 5.01 Å². The van der Waals surface area contributed by atoms with Crippen LogP contribution in [0, 0.1) is 0 Å². The Morgan fingerprint density at radius 1 is 1.38 bits per heavy atom. The monoisotopic (exact) mass is 218 g/mol. The Morgan fingerprint density at radius 2 is 2.00 bits per heavy atom. The molecule has 4 heteroatoms. The molecule has 1 unspecified atom stereocenters. The van der Waals surface area contributed by atoms with Crippen molar-refractivity contribution < 1.29 is 9.90 Å². The Hall–Kier alpha value is -1.68. The topological polar surface area (TPSA) is 52.9 Å². The average molecular weight is 218 g/mol. The summed E-state index contributed by atoms with van der Waals surface area (Å²) < 4.78 is 0. The molecule has 1 amide bonds. The molecule has 0 aromatic heterocycles. The lowest BCUT2D eigenvalue weighted by atomic mass is 9.95. The first kappa shape index (κ1) is 10.8. The molecule has 2 rings (SSSR count). The summed E-state index contributed by atoms with van der Waals surface area (Å²) in [5.74, 6) is -0.376. The molecule has 1 N–H and O–H groups in total. The quantitative estimate of drug-likeness (QED) is 0.818. The summed E-state index contributed by atoms with van der Waals surface area (Å²) in [5.41, 5.74) is -0.310. The van der Waals surface area contributed by atoms with Gasteiger partial charge in [-0.2, -0.15) is 10.1 Å². The van der Waals surface area contributed by atoms with Gasteiger partial charge in [-0.3, -0.25) is 4.79 Å². The molecule has 1 heterocycles. The molecule has 0 saturated carbocycles. The minimum atomic E-state index is -1.43. The number of rotatable bonds is 2. The summed E-state index contributed by atoms with van der Waals surface area (Å²) in [7, 11) is 0. The average Bonchev–Trinajstić information content (AvgIpc) is 2.55. The number of carbonyl (C=O) groups is 1. The zero-order valence-electron chi connectivity index (χ0n) is 9.34. The molecule has 1 aliphatic heterocycles. The number of para-hydroxylation sites is 1. The maximum absolute atomic E-state index is 12.0. The second-order valence-corrected chi connectivity index (χ2v) is 3.85. The van der Waals surface area contributed by atoms with Gasteiger partial charge in [-0.1, -0.05) is 25.1 Å². The molecule has 1 aromatic carbocycles. The summed E-state index contributed by atoms with van der Waals surface area (Å²) >= 11 is 0. The highest BCUT2D eigenvalue weighted by Gasteiger charge is 2.46. The summed E-state index contributed by atoms with van der Waals surface area (Å²) in [6, 6.07) is 9.10. The first-order chi connectivity index (χ1) is 7.59. The molecule has 1 aliphatic rings. The Kier molecular flexibility index (Phi) is 2.52. The van der Waals surface area contributed by atoms with E-state index in [1.807, 2.05) is 18.2 Å². The molecule has 0 aliphatic carbocycles. The van der Waals surface area contributed by atoms with E-state index < -0.39 is 5.60 Å². The van der Waals surface area contributed by atoms with Gasteiger partial charge >= 0.3 is 0 Å². The fraction of sp³-hybridized carbons (Fsp3) is 0.333. The summed E-state index contributed by atoms with van der Waals surface area (Å²) in [6.07, 6.45) is 0.338. The van der Waals surface area contributed by atoms with Crippen LogP contribution in [0.4, 0.5) is 5.69 Å². The third kappa shape index (κ3) is 1.42. The largest absolute Gasteiger partial charge is 0.374 e. The zero-order chi connectivity index (χ0) is 11.8. The van der Waals surface area contributed by atoms with Crippen LogP contribution in [0.1, 0.15) is 20.3 Å². The standard InChI is InChI=1S/C12H14N2O2/c1-3-12(16)9(2)13-14(11(12)15)10-7-5-4-6-8-10/h4-8,16H,3H2,1-2H3. The van der Waals surface area contributed by atoms with E-state index in [-0.39, 0.29) is 5.91 Å². The van der Waals surface area contributed by atoms with E-state index in [0.717, 1.165) is 0 Å². The van der Waals surface area contributed by atoms with Crippen LogP contribution in [-0.4, -0.2) is 22.3 Å².